The number of thioether (sulfide) groups is 1. The fraction of sp³-hybridized carbons (Fsp3) is 0.500. The van der Waals surface area contributed by atoms with Crippen molar-refractivity contribution in [1.29, 1.82) is 0 Å². The van der Waals surface area contributed by atoms with Gasteiger partial charge in [0.05, 0.1) is 11.9 Å². The number of aliphatic carboxylic acids is 2. The number of unbranched alkanes of at least 4 members (excludes halogenated alkanes) is 4. The molecule has 2 aliphatic heterocycles. The molecule has 2 atom stereocenters. The van der Waals surface area contributed by atoms with E-state index in [1.54, 1.807) is 0 Å². The smallest absolute Gasteiger partial charge is 0.352 e. The summed E-state index contributed by atoms with van der Waals surface area (Å²) in [4.78, 5) is 75.1. The van der Waals surface area contributed by atoms with Crippen LogP contribution in [0.1, 0.15) is 64.3 Å². The standard InChI is InChI=1S/C30H39N7O10S2/c1-4-5-6-7-8-9-35(12-17-10-19(38)20(39)13-36(17)46)11-16-14-48-26-22(25(41)37(26)23(16)27(42)43)33-24(40)21(18-15-49-29(31)32-18)34-47-30(2,3)28(44)45/h10,13,15,22,26,39,46H,4-9,11-12,14H2,1-3H3,(H2,31,32)(H,33,40)(H,42,43)(H,44,45)/b34-21-/t22-,26-/m1/s1. The minimum absolute atomic E-state index is 0.00812. The molecule has 0 spiro atoms. The van der Waals surface area contributed by atoms with Crippen LogP contribution in [-0.4, -0.2) is 105 Å². The number of β-lactam (4-membered cyclic amide) rings is 1. The van der Waals surface area contributed by atoms with Crippen LogP contribution in [0.3, 0.4) is 0 Å². The summed E-state index contributed by atoms with van der Waals surface area (Å²) in [5, 5.41) is 46.7. The maximum Gasteiger partial charge on any atom is 0.352 e. The number of nitrogen functional groups attached to an aromatic ring is 1. The van der Waals surface area contributed by atoms with Gasteiger partial charge >= 0.3 is 11.9 Å². The van der Waals surface area contributed by atoms with Gasteiger partial charge < -0.3 is 36.4 Å². The quantitative estimate of drug-likeness (QED) is 0.0447. The van der Waals surface area contributed by atoms with E-state index in [1.165, 1.54) is 31.0 Å². The average molecular weight is 722 g/mol. The van der Waals surface area contributed by atoms with Crippen molar-refractivity contribution in [3.8, 4) is 5.75 Å². The number of fused-ring (bicyclic) bond motifs is 1. The van der Waals surface area contributed by atoms with E-state index in [4.69, 9.17) is 10.6 Å². The Balaban J connectivity index is 1.55. The van der Waals surface area contributed by atoms with Gasteiger partial charge in [0.1, 0.15) is 22.8 Å². The number of hydrogen-bond acceptors (Lipinski definition) is 14. The van der Waals surface area contributed by atoms with Crippen LogP contribution in [-0.2, 0) is 30.6 Å². The number of rotatable bonds is 17. The first-order chi connectivity index (χ1) is 23.1. The average Bonchev–Trinajstić information content (AvgIpc) is 3.47. The molecule has 1 fully saturated rings. The van der Waals surface area contributed by atoms with Crippen LogP contribution in [0.4, 0.5) is 5.13 Å². The first kappa shape index (κ1) is 37.2. The first-order valence-electron chi connectivity index (χ1n) is 15.4. The highest BCUT2D eigenvalue weighted by molar-refractivity contribution is 8.00. The van der Waals surface area contributed by atoms with E-state index < -0.39 is 57.7 Å². The van der Waals surface area contributed by atoms with Crippen molar-refractivity contribution in [3.63, 3.8) is 0 Å². The second-order valence-corrected chi connectivity index (χ2v) is 14.0. The number of carboxylic acids is 2. The SMILES string of the molecule is CCCCCCCN(CC1=C(C(=O)O)N2C(=O)[C@@H](NC(=O)/C(=N\OC(C)(C)C(=O)O)c3csc(N)n3)[C@H]2SC1)Cc1cc(=O)c(O)cn1O. The van der Waals surface area contributed by atoms with E-state index in [2.05, 4.69) is 22.4 Å². The number of carbonyl (C=O) groups is 4. The molecule has 0 unspecified atom stereocenters. The summed E-state index contributed by atoms with van der Waals surface area (Å²) >= 11 is 2.25. The predicted molar refractivity (Wildman–Crippen MR) is 179 cm³/mol. The molecule has 0 bridgehead atoms. The van der Waals surface area contributed by atoms with Crippen LogP contribution in [0.2, 0.25) is 0 Å². The number of nitrogens with two attached hydrogens (primary N) is 1. The van der Waals surface area contributed by atoms with Crippen molar-refractivity contribution in [1.82, 2.24) is 24.8 Å². The van der Waals surface area contributed by atoms with Crippen LogP contribution in [0.5, 0.6) is 5.75 Å². The van der Waals surface area contributed by atoms with E-state index in [0.717, 1.165) is 60.6 Å². The van der Waals surface area contributed by atoms with Crippen molar-refractivity contribution in [3.05, 3.63) is 50.5 Å². The monoisotopic (exact) mass is 721 g/mol. The summed E-state index contributed by atoms with van der Waals surface area (Å²) in [6, 6.07) is -0.0350. The fourth-order valence-electron chi connectivity index (χ4n) is 5.14. The van der Waals surface area contributed by atoms with Gasteiger partial charge in [-0.3, -0.25) is 24.2 Å². The third kappa shape index (κ3) is 8.70. The zero-order chi connectivity index (χ0) is 36.0. The van der Waals surface area contributed by atoms with Gasteiger partial charge in [-0.25, -0.2) is 14.6 Å². The van der Waals surface area contributed by atoms with Gasteiger partial charge in [0.2, 0.25) is 11.0 Å². The molecule has 2 aliphatic rings. The third-order valence-electron chi connectivity index (χ3n) is 7.86. The Bertz CT molecular complexity index is 1720. The van der Waals surface area contributed by atoms with E-state index in [1.807, 2.05) is 4.90 Å². The Morgan fingerprint density at radius 2 is 1.90 bits per heavy atom. The van der Waals surface area contributed by atoms with Crippen LogP contribution >= 0.6 is 23.1 Å². The summed E-state index contributed by atoms with van der Waals surface area (Å²) < 4.78 is 0.649. The molecule has 2 amide bonds. The Morgan fingerprint density at radius 1 is 1.18 bits per heavy atom. The largest absolute Gasteiger partial charge is 0.503 e. The maximum absolute atomic E-state index is 13.4. The second-order valence-electron chi connectivity index (χ2n) is 12.0. The maximum atomic E-state index is 13.4. The number of hydrogen-bond donors (Lipinski definition) is 6. The summed E-state index contributed by atoms with van der Waals surface area (Å²) in [5.74, 6) is -4.70. The van der Waals surface area contributed by atoms with Gasteiger partial charge in [-0.15, -0.1) is 23.1 Å². The van der Waals surface area contributed by atoms with Crippen molar-refractivity contribution in [2.45, 2.75) is 76.4 Å². The van der Waals surface area contributed by atoms with Crippen LogP contribution < -0.4 is 16.5 Å². The molecule has 1 saturated heterocycles. The molecular weight excluding hydrogens is 683 g/mol. The van der Waals surface area contributed by atoms with Crippen molar-refractivity contribution >= 4 is 57.7 Å². The minimum atomic E-state index is -1.80. The number of amides is 2. The zero-order valence-electron chi connectivity index (χ0n) is 27.1. The summed E-state index contributed by atoms with van der Waals surface area (Å²) in [7, 11) is 0. The lowest BCUT2D eigenvalue weighted by molar-refractivity contribution is -0.161. The van der Waals surface area contributed by atoms with E-state index in [-0.39, 0.29) is 41.1 Å². The number of aromatic hydroxyl groups is 1. The van der Waals surface area contributed by atoms with Gasteiger partial charge in [-0.05, 0) is 32.4 Å². The van der Waals surface area contributed by atoms with Gasteiger partial charge in [-0.2, -0.15) is 4.73 Å². The molecule has 0 aromatic carbocycles. The number of carboxylic acid groups (broad SMARTS) is 2. The normalized spacial score (nSPS) is 17.9. The Kier molecular flexibility index (Phi) is 11.9. The van der Waals surface area contributed by atoms with E-state index in [9.17, 15) is 44.5 Å². The zero-order valence-corrected chi connectivity index (χ0v) is 28.8. The van der Waals surface area contributed by atoms with Crippen molar-refractivity contribution in [2.75, 3.05) is 24.6 Å². The van der Waals surface area contributed by atoms with Crippen LogP contribution in [0.15, 0.2) is 38.9 Å². The molecule has 2 aromatic heterocycles. The highest BCUT2D eigenvalue weighted by atomic mass is 32.2. The number of carbonyl (C=O) groups excluding carboxylic acids is 2. The lowest BCUT2D eigenvalue weighted by Crippen LogP contribution is -2.71. The van der Waals surface area contributed by atoms with Crippen molar-refractivity contribution < 1.29 is 44.5 Å². The second kappa shape index (κ2) is 15.7. The highest BCUT2D eigenvalue weighted by Crippen LogP contribution is 2.40. The Hall–Kier alpha value is -4.62. The lowest BCUT2D eigenvalue weighted by atomic mass is 10.0. The van der Waals surface area contributed by atoms with E-state index in [0.29, 0.717) is 16.8 Å². The molecule has 266 valence electrons. The lowest BCUT2D eigenvalue weighted by Gasteiger charge is -2.49. The van der Waals surface area contributed by atoms with Crippen LogP contribution in [0, 0.1) is 0 Å². The number of pyridine rings is 1. The Morgan fingerprint density at radius 3 is 2.53 bits per heavy atom. The summed E-state index contributed by atoms with van der Waals surface area (Å²) in [6.45, 7) is 5.21. The fourth-order valence-corrected chi connectivity index (χ4v) is 7.02. The molecular formula is C30H39N7O10S2. The van der Waals surface area contributed by atoms with Gasteiger partial charge in [0, 0.05) is 30.3 Å². The van der Waals surface area contributed by atoms with E-state index >= 15 is 0 Å². The van der Waals surface area contributed by atoms with Gasteiger partial charge in [-0.1, -0.05) is 37.8 Å². The molecule has 49 heavy (non-hydrogen) atoms. The number of anilines is 1. The molecule has 2 aromatic rings. The molecule has 17 nitrogen and oxygen atoms in total. The molecule has 7 N–H and O–H groups in total. The minimum Gasteiger partial charge on any atom is -0.503 e. The summed E-state index contributed by atoms with van der Waals surface area (Å²) in [5.41, 5.74) is 3.20. The number of aromatic nitrogens is 2. The number of nitrogens with zero attached hydrogens (tertiary/aromatic N) is 5. The molecule has 4 heterocycles. The molecule has 0 aliphatic carbocycles. The van der Waals surface area contributed by atoms with Gasteiger partial charge in [0.25, 0.3) is 11.8 Å². The topological polar surface area (TPSA) is 250 Å². The molecule has 4 rings (SSSR count). The summed E-state index contributed by atoms with van der Waals surface area (Å²) in [6.07, 6.45) is 5.70. The van der Waals surface area contributed by atoms with Crippen molar-refractivity contribution in [2.24, 2.45) is 5.16 Å². The van der Waals surface area contributed by atoms with Gasteiger partial charge in [0.15, 0.2) is 16.6 Å². The molecule has 0 saturated carbocycles. The third-order valence-corrected chi connectivity index (χ3v) is 9.88. The Labute approximate surface area is 289 Å². The number of oxime groups is 1. The first-order valence-corrected chi connectivity index (χ1v) is 17.3. The predicted octanol–water partition coefficient (Wildman–Crippen LogP) is 1.63. The molecule has 19 heteroatoms. The van der Waals surface area contributed by atoms with Crippen LogP contribution in [0.25, 0.3) is 0 Å². The highest BCUT2D eigenvalue weighted by Gasteiger charge is 2.54. The number of thiazole rings is 1. The number of nitrogens with one attached hydrogen (secondary N) is 1. The molecule has 0 radical (unpaired) electrons.